The van der Waals surface area contributed by atoms with Gasteiger partial charge in [0.1, 0.15) is 6.61 Å². The average molecular weight is 224 g/mol. The number of benzene rings is 1. The Bertz CT molecular complexity index is 373. The van der Waals surface area contributed by atoms with E-state index in [4.69, 9.17) is 0 Å². The van der Waals surface area contributed by atoms with Crippen LogP contribution < -0.4 is 0 Å². The van der Waals surface area contributed by atoms with Crippen LogP contribution in [0.15, 0.2) is 12.8 Å². The molecule has 0 atom stereocenters. The molecule has 0 radical (unpaired) electrons. The highest BCUT2D eigenvalue weighted by Gasteiger charge is 2.25. The van der Waals surface area contributed by atoms with Crippen molar-refractivity contribution < 1.29 is 26.7 Å². The van der Waals surface area contributed by atoms with Gasteiger partial charge >= 0.3 is 0 Å². The summed E-state index contributed by atoms with van der Waals surface area (Å²) in [6, 6.07) is 0. The summed E-state index contributed by atoms with van der Waals surface area (Å²) in [4.78, 5) is 0. The highest BCUT2D eigenvalue weighted by Crippen LogP contribution is 2.23. The number of ether oxygens (including phenoxy) is 1. The lowest BCUT2D eigenvalue weighted by molar-refractivity contribution is 0.222. The highest BCUT2D eigenvalue weighted by molar-refractivity contribution is 5.23. The van der Waals surface area contributed by atoms with Gasteiger partial charge in [-0.15, -0.1) is 0 Å². The third-order valence-corrected chi connectivity index (χ3v) is 1.65. The van der Waals surface area contributed by atoms with E-state index in [-0.39, 0.29) is 0 Å². The van der Waals surface area contributed by atoms with Crippen molar-refractivity contribution >= 4 is 0 Å². The van der Waals surface area contributed by atoms with E-state index in [9.17, 15) is 22.0 Å². The lowest BCUT2D eigenvalue weighted by Crippen LogP contribution is -2.07. The first-order chi connectivity index (χ1) is 7.00. The molecule has 1 aromatic rings. The maximum Gasteiger partial charge on any atom is 0.200 e. The van der Waals surface area contributed by atoms with Crippen molar-refractivity contribution in [1.82, 2.24) is 0 Å². The molecular formula is C9H5F5O. The Hall–Kier alpha value is -1.59. The van der Waals surface area contributed by atoms with Crippen LogP contribution in [0, 0.1) is 29.1 Å². The molecule has 6 heteroatoms. The zero-order valence-electron chi connectivity index (χ0n) is 7.29. The molecule has 0 fully saturated rings. The number of rotatable bonds is 3. The van der Waals surface area contributed by atoms with Crippen LogP contribution in [0.3, 0.4) is 0 Å². The van der Waals surface area contributed by atoms with E-state index < -0.39 is 41.3 Å². The predicted octanol–water partition coefficient (Wildman–Crippen LogP) is 3.04. The molecule has 0 aliphatic rings. The van der Waals surface area contributed by atoms with E-state index >= 15 is 0 Å². The normalized spacial score (nSPS) is 10.2. The molecule has 0 heterocycles. The SMILES string of the molecule is C=COCc1c(F)c(F)c(F)c(F)c1F. The summed E-state index contributed by atoms with van der Waals surface area (Å²) in [7, 11) is 0. The summed E-state index contributed by atoms with van der Waals surface area (Å²) in [5.41, 5.74) is -1.02. The van der Waals surface area contributed by atoms with Crippen LogP contribution in [0.1, 0.15) is 5.56 Å². The molecule has 0 spiro atoms. The molecule has 0 bridgehead atoms. The monoisotopic (exact) mass is 224 g/mol. The van der Waals surface area contributed by atoms with Crippen LogP contribution in [0.2, 0.25) is 0 Å². The molecule has 0 amide bonds. The standard InChI is InChI=1S/C9H5F5O/c1-2-15-3-4-5(10)7(12)9(14)8(13)6(4)11/h2H,1,3H2. The molecule has 1 rings (SSSR count). The van der Waals surface area contributed by atoms with Crippen molar-refractivity contribution in [1.29, 1.82) is 0 Å². The van der Waals surface area contributed by atoms with Crippen LogP contribution in [-0.4, -0.2) is 0 Å². The van der Waals surface area contributed by atoms with Gasteiger partial charge in [-0.1, -0.05) is 6.58 Å². The first-order valence-electron chi connectivity index (χ1n) is 3.73. The van der Waals surface area contributed by atoms with Crippen LogP contribution in [0.4, 0.5) is 22.0 Å². The van der Waals surface area contributed by atoms with Crippen molar-refractivity contribution in [3.05, 3.63) is 47.5 Å². The van der Waals surface area contributed by atoms with E-state index in [1.165, 1.54) is 0 Å². The molecule has 82 valence electrons. The van der Waals surface area contributed by atoms with Crippen molar-refractivity contribution in [3.63, 3.8) is 0 Å². The topological polar surface area (TPSA) is 9.23 Å². The van der Waals surface area contributed by atoms with Crippen LogP contribution >= 0.6 is 0 Å². The summed E-state index contributed by atoms with van der Waals surface area (Å²) >= 11 is 0. The third-order valence-electron chi connectivity index (χ3n) is 1.65. The molecule has 0 aromatic heterocycles. The van der Waals surface area contributed by atoms with Crippen LogP contribution in [0.25, 0.3) is 0 Å². The van der Waals surface area contributed by atoms with Gasteiger partial charge in [0.05, 0.1) is 11.8 Å². The second kappa shape index (κ2) is 4.29. The zero-order chi connectivity index (χ0) is 11.6. The van der Waals surface area contributed by atoms with Gasteiger partial charge in [-0.3, -0.25) is 0 Å². The summed E-state index contributed by atoms with van der Waals surface area (Å²) in [6.45, 7) is 2.30. The fourth-order valence-corrected chi connectivity index (χ4v) is 0.919. The summed E-state index contributed by atoms with van der Waals surface area (Å²) < 4.78 is 67.8. The third kappa shape index (κ3) is 1.93. The molecule has 0 aliphatic carbocycles. The molecule has 0 N–H and O–H groups in total. The Morgan fingerprint density at radius 1 is 0.867 bits per heavy atom. The zero-order valence-corrected chi connectivity index (χ0v) is 7.29. The predicted molar refractivity (Wildman–Crippen MR) is 41.2 cm³/mol. The van der Waals surface area contributed by atoms with Gasteiger partial charge in [-0.25, -0.2) is 22.0 Å². The van der Waals surface area contributed by atoms with E-state index in [1.807, 2.05) is 0 Å². The number of hydrogen-bond donors (Lipinski definition) is 0. The Morgan fingerprint density at radius 3 is 1.67 bits per heavy atom. The summed E-state index contributed by atoms with van der Waals surface area (Å²) in [5, 5.41) is 0. The van der Waals surface area contributed by atoms with Gasteiger partial charge < -0.3 is 4.74 Å². The smallest absolute Gasteiger partial charge is 0.200 e. The maximum atomic E-state index is 12.9. The van der Waals surface area contributed by atoms with E-state index in [0.717, 1.165) is 6.26 Å². The molecule has 0 saturated heterocycles. The summed E-state index contributed by atoms with van der Waals surface area (Å²) in [6.07, 6.45) is 0.831. The van der Waals surface area contributed by atoms with Crippen molar-refractivity contribution in [2.24, 2.45) is 0 Å². The Morgan fingerprint density at radius 2 is 1.27 bits per heavy atom. The van der Waals surface area contributed by atoms with Crippen molar-refractivity contribution in [3.8, 4) is 0 Å². The number of hydrogen-bond acceptors (Lipinski definition) is 1. The van der Waals surface area contributed by atoms with Crippen molar-refractivity contribution in [2.45, 2.75) is 6.61 Å². The molecule has 0 aliphatic heterocycles. The first-order valence-corrected chi connectivity index (χ1v) is 3.73. The first kappa shape index (κ1) is 11.5. The second-order valence-electron chi connectivity index (χ2n) is 2.53. The fourth-order valence-electron chi connectivity index (χ4n) is 0.919. The van der Waals surface area contributed by atoms with Gasteiger partial charge in [0.2, 0.25) is 5.82 Å². The lowest BCUT2D eigenvalue weighted by Gasteiger charge is -2.07. The molecule has 0 saturated carbocycles. The van der Waals surface area contributed by atoms with Gasteiger partial charge in [0, 0.05) is 0 Å². The minimum atomic E-state index is -2.19. The van der Waals surface area contributed by atoms with E-state index in [0.29, 0.717) is 0 Å². The largest absolute Gasteiger partial charge is 0.497 e. The van der Waals surface area contributed by atoms with E-state index in [2.05, 4.69) is 11.3 Å². The van der Waals surface area contributed by atoms with Crippen LogP contribution in [-0.2, 0) is 11.3 Å². The Kier molecular flexibility index (Phi) is 3.28. The number of halogens is 5. The quantitative estimate of drug-likeness (QED) is 0.332. The highest BCUT2D eigenvalue weighted by atomic mass is 19.2. The van der Waals surface area contributed by atoms with Gasteiger partial charge in [0.15, 0.2) is 23.3 Å². The molecular weight excluding hydrogens is 219 g/mol. The van der Waals surface area contributed by atoms with E-state index in [1.54, 1.807) is 0 Å². The maximum absolute atomic E-state index is 12.9. The average Bonchev–Trinajstić information content (AvgIpc) is 2.24. The summed E-state index contributed by atoms with van der Waals surface area (Å²) in [5.74, 6) is -9.96. The second-order valence-corrected chi connectivity index (χ2v) is 2.53. The molecule has 0 unspecified atom stereocenters. The molecule has 1 aromatic carbocycles. The minimum Gasteiger partial charge on any atom is -0.497 e. The van der Waals surface area contributed by atoms with Crippen LogP contribution in [0.5, 0.6) is 0 Å². The Balaban J connectivity index is 3.31. The van der Waals surface area contributed by atoms with Gasteiger partial charge in [0.25, 0.3) is 0 Å². The fraction of sp³-hybridized carbons (Fsp3) is 0.111. The molecule has 15 heavy (non-hydrogen) atoms. The van der Waals surface area contributed by atoms with Crippen molar-refractivity contribution in [2.75, 3.05) is 0 Å². The minimum absolute atomic E-state index is 0.769. The Labute approximate surface area is 81.8 Å². The van der Waals surface area contributed by atoms with Gasteiger partial charge in [-0.2, -0.15) is 0 Å². The van der Waals surface area contributed by atoms with Gasteiger partial charge in [-0.05, 0) is 0 Å². The lowest BCUT2D eigenvalue weighted by atomic mass is 10.2. The molecule has 1 nitrogen and oxygen atoms in total.